The van der Waals surface area contributed by atoms with E-state index in [0.29, 0.717) is 0 Å². The average molecular weight is 269 g/mol. The van der Waals surface area contributed by atoms with E-state index in [0.717, 1.165) is 17.9 Å². The Hall–Kier alpha value is -2.00. The summed E-state index contributed by atoms with van der Waals surface area (Å²) in [7, 11) is 8.27. The van der Waals surface area contributed by atoms with Gasteiger partial charge in [0.05, 0.1) is 0 Å². The predicted molar refractivity (Wildman–Crippen MR) is 87.9 cm³/mol. The van der Waals surface area contributed by atoms with Gasteiger partial charge in [-0.3, -0.25) is 0 Å². The molecule has 0 aliphatic carbocycles. The Kier molecular flexibility index (Phi) is 4.64. The van der Waals surface area contributed by atoms with Gasteiger partial charge in [-0.25, -0.2) is 0 Å². The van der Waals surface area contributed by atoms with Gasteiger partial charge < -0.3 is 15.1 Å². The Bertz CT molecular complexity index is 544. The maximum atomic E-state index is 3.44. The second-order valence-corrected chi connectivity index (χ2v) is 5.50. The molecule has 0 spiro atoms. The minimum atomic E-state index is 0.969. The molecule has 2 aromatic carbocycles. The van der Waals surface area contributed by atoms with Crippen LogP contribution < -0.4 is 10.2 Å². The smallest absolute Gasteiger partial charge is 0.0405 e. The Morgan fingerprint density at radius 2 is 1.55 bits per heavy atom. The quantitative estimate of drug-likeness (QED) is 0.895. The van der Waals surface area contributed by atoms with Crippen molar-refractivity contribution in [3.63, 3.8) is 0 Å². The van der Waals surface area contributed by atoms with Crippen LogP contribution in [0, 0.1) is 0 Å². The van der Waals surface area contributed by atoms with Crippen molar-refractivity contribution in [2.45, 2.75) is 6.54 Å². The molecule has 0 bridgehead atoms. The molecule has 0 saturated heterocycles. The fraction of sp³-hybridized carbons (Fsp3) is 0.294. The van der Waals surface area contributed by atoms with Gasteiger partial charge in [0.15, 0.2) is 0 Å². The van der Waals surface area contributed by atoms with Crippen molar-refractivity contribution in [2.75, 3.05) is 38.4 Å². The Morgan fingerprint density at radius 3 is 2.15 bits per heavy atom. The lowest BCUT2D eigenvalue weighted by molar-refractivity contribution is 0.402. The van der Waals surface area contributed by atoms with E-state index >= 15 is 0 Å². The maximum Gasteiger partial charge on any atom is 0.0405 e. The molecule has 0 atom stereocenters. The zero-order valence-electron chi connectivity index (χ0n) is 12.7. The van der Waals surface area contributed by atoms with E-state index in [9.17, 15) is 0 Å². The summed E-state index contributed by atoms with van der Waals surface area (Å²) < 4.78 is 0. The molecule has 0 heterocycles. The van der Waals surface area contributed by atoms with Crippen LogP contribution in [0.15, 0.2) is 48.5 Å². The summed E-state index contributed by atoms with van der Waals surface area (Å²) in [4.78, 5) is 4.27. The van der Waals surface area contributed by atoms with Gasteiger partial charge in [0.2, 0.25) is 0 Å². The average Bonchev–Trinajstić information content (AvgIpc) is 2.41. The summed E-state index contributed by atoms with van der Waals surface area (Å²) in [5.74, 6) is 0. The van der Waals surface area contributed by atoms with Crippen molar-refractivity contribution in [2.24, 2.45) is 0 Å². The molecule has 3 nitrogen and oxygen atoms in total. The summed E-state index contributed by atoms with van der Waals surface area (Å²) in [5.41, 5.74) is 4.74. The zero-order chi connectivity index (χ0) is 14.5. The minimum Gasteiger partial charge on any atom is -0.378 e. The van der Waals surface area contributed by atoms with Gasteiger partial charge in [-0.2, -0.15) is 0 Å². The highest BCUT2D eigenvalue weighted by Crippen LogP contribution is 2.21. The van der Waals surface area contributed by atoms with Crippen LogP contribution in [-0.4, -0.2) is 33.1 Å². The van der Waals surface area contributed by atoms with E-state index in [4.69, 9.17) is 0 Å². The number of benzene rings is 2. The molecule has 0 amide bonds. The monoisotopic (exact) mass is 269 g/mol. The van der Waals surface area contributed by atoms with Crippen molar-refractivity contribution in [3.8, 4) is 0 Å². The fourth-order valence-corrected chi connectivity index (χ4v) is 2.09. The third-order valence-electron chi connectivity index (χ3n) is 3.10. The highest BCUT2D eigenvalue weighted by molar-refractivity contribution is 5.65. The van der Waals surface area contributed by atoms with Crippen LogP contribution >= 0.6 is 0 Å². The molecular formula is C17H23N3. The number of rotatable bonds is 5. The second kappa shape index (κ2) is 6.44. The first-order chi connectivity index (χ1) is 9.54. The Labute approximate surface area is 121 Å². The zero-order valence-corrected chi connectivity index (χ0v) is 12.7. The lowest BCUT2D eigenvalue weighted by Crippen LogP contribution is -2.10. The van der Waals surface area contributed by atoms with Crippen molar-refractivity contribution in [1.82, 2.24) is 4.90 Å². The normalized spacial score (nSPS) is 10.7. The summed E-state index contributed by atoms with van der Waals surface area (Å²) in [6.07, 6.45) is 0. The Morgan fingerprint density at radius 1 is 0.850 bits per heavy atom. The molecule has 0 saturated carbocycles. The molecule has 0 radical (unpaired) electrons. The van der Waals surface area contributed by atoms with E-state index in [2.05, 4.69) is 91.8 Å². The predicted octanol–water partition coefficient (Wildman–Crippen LogP) is 3.56. The number of nitrogens with zero attached hydrogens (tertiary/aromatic N) is 2. The number of hydrogen-bond donors (Lipinski definition) is 1. The molecule has 106 valence electrons. The van der Waals surface area contributed by atoms with Gasteiger partial charge in [-0.1, -0.05) is 18.2 Å². The van der Waals surface area contributed by atoms with E-state index < -0.39 is 0 Å². The largest absolute Gasteiger partial charge is 0.378 e. The molecule has 2 rings (SSSR count). The summed E-state index contributed by atoms with van der Waals surface area (Å²) in [5, 5.41) is 3.44. The van der Waals surface area contributed by atoms with E-state index in [1.165, 1.54) is 11.3 Å². The molecule has 0 aliphatic rings. The van der Waals surface area contributed by atoms with Crippen LogP contribution in [0.4, 0.5) is 17.1 Å². The van der Waals surface area contributed by atoms with Gasteiger partial charge in [-0.15, -0.1) is 0 Å². The standard InChI is InChI=1S/C17H23N3/c1-19(2)13-14-8-10-15(11-9-14)18-16-6-5-7-17(12-16)20(3)4/h5-12,18H,13H2,1-4H3. The first-order valence-corrected chi connectivity index (χ1v) is 6.82. The molecule has 20 heavy (non-hydrogen) atoms. The van der Waals surface area contributed by atoms with Crippen molar-refractivity contribution < 1.29 is 0 Å². The first-order valence-electron chi connectivity index (χ1n) is 6.82. The molecular weight excluding hydrogens is 246 g/mol. The molecule has 0 fully saturated rings. The first kappa shape index (κ1) is 14.4. The van der Waals surface area contributed by atoms with Crippen LogP contribution in [0.5, 0.6) is 0 Å². The molecule has 3 heteroatoms. The van der Waals surface area contributed by atoms with E-state index in [-0.39, 0.29) is 0 Å². The van der Waals surface area contributed by atoms with E-state index in [1.54, 1.807) is 0 Å². The van der Waals surface area contributed by atoms with Crippen LogP contribution in [0.25, 0.3) is 0 Å². The SMILES string of the molecule is CN(C)Cc1ccc(Nc2cccc(N(C)C)c2)cc1. The highest BCUT2D eigenvalue weighted by Gasteiger charge is 2.00. The summed E-state index contributed by atoms with van der Waals surface area (Å²) in [6, 6.07) is 17.0. The molecule has 2 aromatic rings. The second-order valence-electron chi connectivity index (χ2n) is 5.50. The minimum absolute atomic E-state index is 0.969. The van der Waals surface area contributed by atoms with Crippen LogP contribution in [0.1, 0.15) is 5.56 Å². The number of anilines is 3. The van der Waals surface area contributed by atoms with Gasteiger partial charge in [-0.05, 0) is 50.0 Å². The van der Waals surface area contributed by atoms with Gasteiger partial charge in [0, 0.05) is 37.7 Å². The van der Waals surface area contributed by atoms with Gasteiger partial charge >= 0.3 is 0 Å². The van der Waals surface area contributed by atoms with Crippen molar-refractivity contribution in [3.05, 3.63) is 54.1 Å². The molecule has 1 N–H and O–H groups in total. The van der Waals surface area contributed by atoms with Gasteiger partial charge in [0.25, 0.3) is 0 Å². The molecule has 0 aliphatic heterocycles. The van der Waals surface area contributed by atoms with Crippen LogP contribution in [0.3, 0.4) is 0 Å². The van der Waals surface area contributed by atoms with Crippen LogP contribution in [-0.2, 0) is 6.54 Å². The third-order valence-corrected chi connectivity index (χ3v) is 3.10. The third kappa shape index (κ3) is 4.00. The Balaban J connectivity index is 2.08. The number of hydrogen-bond acceptors (Lipinski definition) is 3. The lowest BCUT2D eigenvalue weighted by Gasteiger charge is -2.15. The van der Waals surface area contributed by atoms with Gasteiger partial charge in [0.1, 0.15) is 0 Å². The molecule has 0 unspecified atom stereocenters. The summed E-state index contributed by atoms with van der Waals surface area (Å²) in [6.45, 7) is 0.969. The highest BCUT2D eigenvalue weighted by atomic mass is 15.1. The van der Waals surface area contributed by atoms with Crippen molar-refractivity contribution >= 4 is 17.1 Å². The molecule has 0 aromatic heterocycles. The number of nitrogens with one attached hydrogen (secondary N) is 1. The van der Waals surface area contributed by atoms with E-state index in [1.807, 2.05) is 0 Å². The maximum absolute atomic E-state index is 3.44. The summed E-state index contributed by atoms with van der Waals surface area (Å²) >= 11 is 0. The fourth-order valence-electron chi connectivity index (χ4n) is 2.09. The van der Waals surface area contributed by atoms with Crippen LogP contribution in [0.2, 0.25) is 0 Å². The topological polar surface area (TPSA) is 18.5 Å². The lowest BCUT2D eigenvalue weighted by atomic mass is 10.2. The van der Waals surface area contributed by atoms with Crippen molar-refractivity contribution in [1.29, 1.82) is 0 Å².